The first-order valence-corrected chi connectivity index (χ1v) is 14.5. The third-order valence-corrected chi connectivity index (χ3v) is 9.66. The maximum Gasteiger partial charge on any atom is 0.258 e. The van der Waals surface area contributed by atoms with Crippen molar-refractivity contribution in [3.05, 3.63) is 90.0 Å². The van der Waals surface area contributed by atoms with Gasteiger partial charge in [0.05, 0.1) is 6.10 Å². The number of para-hydroxylation sites is 1. The predicted molar refractivity (Wildman–Crippen MR) is 149 cm³/mol. The summed E-state index contributed by atoms with van der Waals surface area (Å²) in [6.45, 7) is 4.39. The number of hydrogen-bond donors (Lipinski definition) is 1. The molecule has 4 rings (SSSR count). The van der Waals surface area contributed by atoms with Gasteiger partial charge in [-0.1, -0.05) is 75.6 Å². The number of benzene rings is 3. The highest BCUT2D eigenvalue weighted by atomic mass is 31.2. The van der Waals surface area contributed by atoms with Crippen molar-refractivity contribution in [2.45, 2.75) is 63.8 Å². The highest BCUT2D eigenvalue weighted by Gasteiger charge is 2.40. The number of rotatable bonds is 9. The highest BCUT2D eigenvalue weighted by Crippen LogP contribution is 2.60. The second kappa shape index (κ2) is 11.5. The molecule has 5 heteroatoms. The van der Waals surface area contributed by atoms with Gasteiger partial charge in [-0.2, -0.15) is 0 Å². The van der Waals surface area contributed by atoms with E-state index in [4.69, 9.17) is 4.52 Å². The molecule has 35 heavy (non-hydrogen) atoms. The second-order valence-electron chi connectivity index (χ2n) is 10.1. The second-order valence-corrected chi connectivity index (χ2v) is 12.5. The summed E-state index contributed by atoms with van der Waals surface area (Å²) < 4.78 is 21.9. The lowest BCUT2D eigenvalue weighted by Gasteiger charge is -2.34. The minimum absolute atomic E-state index is 0.0121. The van der Waals surface area contributed by atoms with Crippen LogP contribution >= 0.6 is 7.37 Å². The van der Waals surface area contributed by atoms with Crippen molar-refractivity contribution < 1.29 is 9.09 Å². The van der Waals surface area contributed by atoms with Gasteiger partial charge in [0, 0.05) is 30.8 Å². The topological polar surface area (TPSA) is 41.6 Å². The Morgan fingerprint density at radius 1 is 0.829 bits per heavy atom. The summed E-state index contributed by atoms with van der Waals surface area (Å²) in [6.07, 6.45) is 5.42. The lowest BCUT2D eigenvalue weighted by molar-refractivity contribution is 0.159. The first-order valence-electron chi connectivity index (χ1n) is 12.8. The Labute approximate surface area is 211 Å². The van der Waals surface area contributed by atoms with E-state index in [-0.39, 0.29) is 6.10 Å². The quantitative estimate of drug-likeness (QED) is 0.309. The predicted octanol–water partition coefficient (Wildman–Crippen LogP) is 7.94. The molecule has 0 aliphatic heterocycles. The van der Waals surface area contributed by atoms with E-state index in [0.717, 1.165) is 47.9 Å². The van der Waals surface area contributed by atoms with Crippen molar-refractivity contribution in [1.29, 1.82) is 0 Å². The number of nitrogens with zero attached hydrogens (tertiary/aromatic N) is 1. The maximum absolute atomic E-state index is 15.2. The van der Waals surface area contributed by atoms with E-state index < -0.39 is 13.2 Å². The van der Waals surface area contributed by atoms with Crippen LogP contribution in [-0.2, 0) is 9.09 Å². The van der Waals surface area contributed by atoms with Crippen LogP contribution in [0.2, 0.25) is 0 Å². The molecule has 0 aromatic heterocycles. The molecule has 1 aliphatic carbocycles. The third-order valence-electron chi connectivity index (χ3n) is 6.92. The third kappa shape index (κ3) is 6.18. The van der Waals surface area contributed by atoms with E-state index in [2.05, 4.69) is 48.3 Å². The largest absolute Gasteiger partial charge is 0.378 e. The Hall–Kier alpha value is -2.55. The number of nitrogens with one attached hydrogen (secondary N) is 1. The van der Waals surface area contributed by atoms with Gasteiger partial charge in [-0.15, -0.1) is 0 Å². The molecule has 4 nitrogen and oxygen atoms in total. The zero-order valence-electron chi connectivity index (χ0n) is 21.5. The number of hydrogen-bond acceptors (Lipinski definition) is 4. The fourth-order valence-corrected chi connectivity index (χ4v) is 7.38. The molecule has 0 spiro atoms. The SMILES string of the molecule is CC(C)c1ccc(C(Nc2ccccc2)P(=O)(OC2CCCCC2)c2ccc(N(C)C)cc2)cc1. The molecule has 0 radical (unpaired) electrons. The first-order chi connectivity index (χ1) is 16.9. The van der Waals surface area contributed by atoms with Crippen molar-refractivity contribution in [3.63, 3.8) is 0 Å². The Bertz CT molecular complexity index is 1110. The van der Waals surface area contributed by atoms with E-state index in [9.17, 15) is 0 Å². The summed E-state index contributed by atoms with van der Waals surface area (Å²) in [5.74, 6) is -0.0494. The molecule has 3 aromatic rings. The molecule has 186 valence electrons. The van der Waals surface area contributed by atoms with Crippen molar-refractivity contribution in [2.24, 2.45) is 0 Å². The normalized spacial score (nSPS) is 17.1. The average molecular weight is 491 g/mol. The lowest BCUT2D eigenvalue weighted by Crippen LogP contribution is -2.25. The van der Waals surface area contributed by atoms with Gasteiger partial charge in [0.15, 0.2) is 0 Å². The maximum atomic E-state index is 15.2. The molecular weight excluding hydrogens is 451 g/mol. The number of anilines is 2. The fraction of sp³-hybridized carbons (Fsp3) is 0.400. The Morgan fingerprint density at radius 2 is 1.43 bits per heavy atom. The standard InChI is InChI=1S/C30H39N2O2P/c1-23(2)24-15-17-25(18-16-24)30(31-26-11-7-5-8-12-26)35(33,34-28-13-9-6-10-14-28)29-21-19-27(20-22-29)32(3)4/h5,7-8,11-12,15-23,28,30-31H,6,9-10,13-14H2,1-4H3. The van der Waals surface area contributed by atoms with E-state index in [0.29, 0.717) is 5.92 Å². The first kappa shape index (κ1) is 25.5. The smallest absolute Gasteiger partial charge is 0.258 e. The Kier molecular flexibility index (Phi) is 8.36. The van der Waals surface area contributed by atoms with Crippen LogP contribution in [0.15, 0.2) is 78.9 Å². The molecule has 1 fully saturated rings. The van der Waals surface area contributed by atoms with Crippen LogP contribution in [0.25, 0.3) is 0 Å². The van der Waals surface area contributed by atoms with Crippen LogP contribution in [0.1, 0.15) is 68.8 Å². The van der Waals surface area contributed by atoms with Crippen LogP contribution in [0.3, 0.4) is 0 Å². The van der Waals surface area contributed by atoms with Gasteiger partial charge in [-0.25, -0.2) is 0 Å². The van der Waals surface area contributed by atoms with E-state index in [1.54, 1.807) is 0 Å². The van der Waals surface area contributed by atoms with Crippen molar-refractivity contribution in [2.75, 3.05) is 24.3 Å². The summed E-state index contributed by atoms with van der Waals surface area (Å²) in [6, 6.07) is 26.6. The van der Waals surface area contributed by atoms with E-state index >= 15 is 4.57 Å². The van der Waals surface area contributed by atoms with Gasteiger partial charge in [0.1, 0.15) is 5.78 Å². The molecule has 0 saturated heterocycles. The van der Waals surface area contributed by atoms with Crippen LogP contribution in [-0.4, -0.2) is 20.2 Å². The van der Waals surface area contributed by atoms with Gasteiger partial charge in [-0.05, 0) is 66.3 Å². The highest BCUT2D eigenvalue weighted by molar-refractivity contribution is 7.67. The molecule has 0 amide bonds. The van der Waals surface area contributed by atoms with Crippen molar-refractivity contribution in [1.82, 2.24) is 0 Å². The van der Waals surface area contributed by atoms with Gasteiger partial charge in [-0.3, -0.25) is 4.57 Å². The molecule has 2 atom stereocenters. The minimum Gasteiger partial charge on any atom is -0.378 e. The van der Waals surface area contributed by atoms with Crippen molar-refractivity contribution in [3.8, 4) is 0 Å². The monoisotopic (exact) mass is 490 g/mol. The van der Waals surface area contributed by atoms with Crippen LogP contribution in [0.5, 0.6) is 0 Å². The lowest BCUT2D eigenvalue weighted by atomic mass is 9.98. The molecule has 0 bridgehead atoms. The fourth-order valence-electron chi connectivity index (χ4n) is 4.74. The van der Waals surface area contributed by atoms with Gasteiger partial charge >= 0.3 is 0 Å². The van der Waals surface area contributed by atoms with Crippen LogP contribution in [0, 0.1) is 0 Å². The molecule has 2 unspecified atom stereocenters. The molecule has 1 saturated carbocycles. The molecule has 1 N–H and O–H groups in total. The summed E-state index contributed by atoms with van der Waals surface area (Å²) in [5, 5.41) is 4.37. The zero-order valence-corrected chi connectivity index (χ0v) is 22.4. The Balaban J connectivity index is 1.80. The molecule has 0 heterocycles. The van der Waals surface area contributed by atoms with Gasteiger partial charge in [0.25, 0.3) is 7.37 Å². The molecular formula is C30H39N2O2P. The minimum atomic E-state index is -3.36. The van der Waals surface area contributed by atoms with Crippen LogP contribution in [0.4, 0.5) is 11.4 Å². The summed E-state index contributed by atoms with van der Waals surface area (Å²) >= 11 is 0. The van der Waals surface area contributed by atoms with E-state index in [1.807, 2.05) is 68.7 Å². The van der Waals surface area contributed by atoms with Crippen molar-refractivity contribution >= 4 is 24.0 Å². The summed E-state index contributed by atoms with van der Waals surface area (Å²) in [5.41, 5.74) is 4.26. The average Bonchev–Trinajstić information content (AvgIpc) is 2.88. The zero-order chi connectivity index (χ0) is 24.8. The molecule has 3 aromatic carbocycles. The molecule has 1 aliphatic rings. The summed E-state index contributed by atoms with van der Waals surface area (Å²) in [7, 11) is 0.678. The van der Waals surface area contributed by atoms with Gasteiger partial charge in [0.2, 0.25) is 0 Å². The van der Waals surface area contributed by atoms with Gasteiger partial charge < -0.3 is 14.7 Å². The summed E-state index contributed by atoms with van der Waals surface area (Å²) in [4.78, 5) is 2.06. The van der Waals surface area contributed by atoms with Crippen LogP contribution < -0.4 is 15.5 Å². The Morgan fingerprint density at radius 3 is 2.00 bits per heavy atom. The van der Waals surface area contributed by atoms with E-state index in [1.165, 1.54) is 12.0 Å².